The molecule has 92 heavy (non-hydrogen) atoms. The minimum atomic E-state index is -4.41. The second-order valence-corrected chi connectivity index (χ2v) is 26.7. The molecule has 0 spiro atoms. The van der Waals surface area contributed by atoms with E-state index in [9.17, 15) is 19.0 Å². The van der Waals surface area contributed by atoms with Crippen molar-refractivity contribution < 1.29 is 42.1 Å². The van der Waals surface area contributed by atoms with Crippen LogP contribution in [0.2, 0.25) is 0 Å². The Labute approximate surface area is 566 Å². The summed E-state index contributed by atoms with van der Waals surface area (Å²) in [6, 6.07) is 0. The molecule has 0 bridgehead atoms. The van der Waals surface area contributed by atoms with Crippen molar-refractivity contribution >= 4 is 19.8 Å². The molecule has 0 saturated carbocycles. The van der Waals surface area contributed by atoms with Gasteiger partial charge in [-0.2, -0.15) is 0 Å². The topological polar surface area (TPSA) is 108 Å². The van der Waals surface area contributed by atoms with Gasteiger partial charge in [0.15, 0.2) is 6.10 Å². The predicted molar refractivity (Wildman–Crippen MR) is 399 cm³/mol. The van der Waals surface area contributed by atoms with Crippen LogP contribution in [0.5, 0.6) is 0 Å². The number of rotatable bonds is 66. The van der Waals surface area contributed by atoms with Crippen molar-refractivity contribution in [1.82, 2.24) is 0 Å². The normalized spacial score (nSPS) is 14.1. The second kappa shape index (κ2) is 70.7. The fraction of sp³-hybridized carbons (Fsp3) is 0.634. The van der Waals surface area contributed by atoms with Gasteiger partial charge in [0.2, 0.25) is 0 Å². The van der Waals surface area contributed by atoms with Crippen LogP contribution in [0.4, 0.5) is 0 Å². The van der Waals surface area contributed by atoms with Gasteiger partial charge in [-0.1, -0.05) is 312 Å². The van der Waals surface area contributed by atoms with Gasteiger partial charge in [0, 0.05) is 12.8 Å². The molecule has 0 saturated heterocycles. The molecule has 0 amide bonds. The molecule has 2 atom stereocenters. The number of phosphoric acid groups is 1. The van der Waals surface area contributed by atoms with Crippen LogP contribution in [-0.2, 0) is 32.7 Å². The third-order valence-corrected chi connectivity index (χ3v) is 16.2. The fourth-order valence-electron chi connectivity index (χ4n) is 9.68. The van der Waals surface area contributed by atoms with Crippen LogP contribution in [0.25, 0.3) is 0 Å². The highest BCUT2D eigenvalue weighted by Gasteiger charge is 2.27. The average molecular weight is 1300 g/mol. The summed E-state index contributed by atoms with van der Waals surface area (Å²) < 4.78 is 34.7. The highest BCUT2D eigenvalue weighted by molar-refractivity contribution is 7.47. The van der Waals surface area contributed by atoms with Gasteiger partial charge in [0.25, 0.3) is 0 Å². The summed E-state index contributed by atoms with van der Waals surface area (Å²) in [5.74, 6) is -0.811. The van der Waals surface area contributed by atoms with Gasteiger partial charge in [-0.3, -0.25) is 18.6 Å². The molecule has 0 aliphatic heterocycles. The Morgan fingerprint density at radius 3 is 0.870 bits per heavy atom. The zero-order chi connectivity index (χ0) is 66.9. The van der Waals surface area contributed by atoms with Crippen molar-refractivity contribution in [2.45, 2.75) is 290 Å². The van der Waals surface area contributed by atoms with E-state index in [0.29, 0.717) is 17.4 Å². The molecule has 10 heteroatoms. The fourth-order valence-corrected chi connectivity index (χ4v) is 10.4. The first kappa shape index (κ1) is 87.4. The van der Waals surface area contributed by atoms with Crippen LogP contribution in [0.15, 0.2) is 170 Å². The lowest BCUT2D eigenvalue weighted by Crippen LogP contribution is -2.37. The van der Waals surface area contributed by atoms with Gasteiger partial charge in [0.05, 0.1) is 27.7 Å². The van der Waals surface area contributed by atoms with Gasteiger partial charge in [-0.25, -0.2) is 4.57 Å². The Bertz CT molecular complexity index is 2160. The molecule has 0 fully saturated rings. The standard InChI is InChI=1S/C82H136NO8P/c1-6-8-10-12-14-16-18-20-22-24-26-28-30-32-34-36-37-38-39-40-41-42-43-44-45-47-49-51-53-55-57-59-61-63-65-67-69-71-73-75-82(85)91-80(79-90-92(86,87)89-77-76-83(3,4)5)78-88-81(84)74-72-70-68-66-64-62-60-58-56-54-52-50-48-46-35-33-31-29-27-25-23-21-19-17-15-13-11-9-7-2/h8-11,14-17,20-23,26-29,32,34,37-38,40-41,43-44,47,49,53,55,80H,6-7,12-13,18-19,24-25,30-31,33,35-36,39,42,45-46,48,50-52,54,56-79H2,1-5H3/p+1/b10-8-,11-9-,16-14-,17-15-,22-20-,23-21-,28-26-,29-27-,34-32-,38-37-,41-40-,44-43-,49-47-,55-53-. The summed E-state index contributed by atoms with van der Waals surface area (Å²) in [5, 5.41) is 0. The van der Waals surface area contributed by atoms with Crippen molar-refractivity contribution in [3.8, 4) is 0 Å². The molecule has 9 nitrogen and oxygen atoms in total. The Morgan fingerprint density at radius 1 is 0.337 bits per heavy atom. The largest absolute Gasteiger partial charge is 0.472 e. The molecule has 0 aromatic heterocycles. The van der Waals surface area contributed by atoms with Crippen LogP contribution in [0.1, 0.15) is 284 Å². The number of quaternary nitrogens is 1. The average Bonchev–Trinajstić information content (AvgIpc) is 2.14. The third kappa shape index (κ3) is 74.4. The Hall–Kier alpha value is -4.63. The number of allylic oxidation sites excluding steroid dienone is 28. The lowest BCUT2D eigenvalue weighted by Gasteiger charge is -2.24. The Balaban J connectivity index is 4.10. The molecule has 0 aromatic rings. The van der Waals surface area contributed by atoms with E-state index in [0.717, 1.165) is 135 Å². The number of likely N-dealkylation sites (N-methyl/N-ethyl adjacent to an activating group) is 1. The number of carbonyl (C=O) groups is 2. The second-order valence-electron chi connectivity index (χ2n) is 25.2. The van der Waals surface area contributed by atoms with Crippen LogP contribution >= 0.6 is 7.82 Å². The molecule has 0 rings (SSSR count). The highest BCUT2D eigenvalue weighted by atomic mass is 31.2. The Morgan fingerprint density at radius 2 is 0.587 bits per heavy atom. The molecule has 0 aliphatic rings. The molecule has 0 aliphatic carbocycles. The number of hydrogen-bond acceptors (Lipinski definition) is 7. The molecule has 1 N–H and O–H groups in total. The van der Waals surface area contributed by atoms with Gasteiger partial charge < -0.3 is 18.9 Å². The summed E-state index contributed by atoms with van der Waals surface area (Å²) in [7, 11) is 1.46. The third-order valence-electron chi connectivity index (χ3n) is 15.2. The highest BCUT2D eigenvalue weighted by Crippen LogP contribution is 2.43. The number of unbranched alkanes of at least 4 members (excludes halogenated alkanes) is 24. The van der Waals surface area contributed by atoms with E-state index in [-0.39, 0.29) is 32.0 Å². The summed E-state index contributed by atoms with van der Waals surface area (Å²) in [6.07, 6.45) is 107. The molecule has 0 aromatic carbocycles. The minimum Gasteiger partial charge on any atom is -0.462 e. The first-order chi connectivity index (χ1) is 45.0. The number of phosphoric ester groups is 1. The van der Waals surface area contributed by atoms with Gasteiger partial charge in [-0.15, -0.1) is 0 Å². The monoisotopic (exact) mass is 1300 g/mol. The maximum Gasteiger partial charge on any atom is 0.472 e. The van der Waals surface area contributed by atoms with E-state index in [2.05, 4.69) is 184 Å². The van der Waals surface area contributed by atoms with Gasteiger partial charge >= 0.3 is 19.8 Å². The molecule has 0 radical (unpaired) electrons. The quantitative estimate of drug-likeness (QED) is 0.0211. The minimum absolute atomic E-state index is 0.0225. The lowest BCUT2D eigenvalue weighted by atomic mass is 10.0. The van der Waals surface area contributed by atoms with Crippen molar-refractivity contribution in [3.05, 3.63) is 170 Å². The molecular formula is C82H137NO8P+. The smallest absolute Gasteiger partial charge is 0.462 e. The van der Waals surface area contributed by atoms with E-state index in [1.165, 1.54) is 116 Å². The first-order valence-corrected chi connectivity index (χ1v) is 38.4. The van der Waals surface area contributed by atoms with Crippen LogP contribution in [-0.4, -0.2) is 74.9 Å². The van der Waals surface area contributed by atoms with Crippen molar-refractivity contribution in [1.29, 1.82) is 0 Å². The predicted octanol–water partition coefficient (Wildman–Crippen LogP) is 24.5. The summed E-state index contributed by atoms with van der Waals surface area (Å²) >= 11 is 0. The van der Waals surface area contributed by atoms with E-state index in [1.54, 1.807) is 0 Å². The molecule has 2 unspecified atom stereocenters. The molecular weight excluding hydrogens is 1160 g/mol. The summed E-state index contributed by atoms with van der Waals surface area (Å²) in [5.41, 5.74) is 0. The van der Waals surface area contributed by atoms with Gasteiger partial charge in [0.1, 0.15) is 19.8 Å². The number of carbonyl (C=O) groups excluding carboxylic acids is 2. The zero-order valence-corrected chi connectivity index (χ0v) is 60.4. The number of esters is 2. The van der Waals surface area contributed by atoms with Crippen LogP contribution in [0, 0.1) is 0 Å². The van der Waals surface area contributed by atoms with E-state index < -0.39 is 26.5 Å². The molecule has 0 heterocycles. The summed E-state index contributed by atoms with van der Waals surface area (Å²) in [4.78, 5) is 35.9. The van der Waals surface area contributed by atoms with Crippen LogP contribution in [0.3, 0.4) is 0 Å². The maximum atomic E-state index is 12.9. The Kier molecular flexibility index (Phi) is 67.1. The van der Waals surface area contributed by atoms with Crippen LogP contribution < -0.4 is 0 Å². The molecule has 522 valence electrons. The van der Waals surface area contributed by atoms with Gasteiger partial charge in [-0.05, 0) is 128 Å². The lowest BCUT2D eigenvalue weighted by molar-refractivity contribution is -0.870. The zero-order valence-electron chi connectivity index (χ0n) is 59.5. The number of hydrogen-bond donors (Lipinski definition) is 1. The van der Waals surface area contributed by atoms with Crippen molar-refractivity contribution in [2.75, 3.05) is 47.5 Å². The van der Waals surface area contributed by atoms with Crippen molar-refractivity contribution in [2.24, 2.45) is 0 Å². The number of ether oxygens (including phenoxy) is 2. The van der Waals surface area contributed by atoms with E-state index >= 15 is 0 Å². The number of nitrogens with zero attached hydrogens (tertiary/aromatic N) is 1. The van der Waals surface area contributed by atoms with Crippen molar-refractivity contribution in [3.63, 3.8) is 0 Å². The first-order valence-electron chi connectivity index (χ1n) is 36.9. The maximum absolute atomic E-state index is 12.9. The summed E-state index contributed by atoms with van der Waals surface area (Å²) in [6.45, 7) is 4.20. The van der Waals surface area contributed by atoms with E-state index in [1.807, 2.05) is 21.1 Å². The SMILES string of the molecule is CC/C=C\C/C=C\C/C=C\C/C=C\C/C=C\C/C=C\C/C=C\C/C=C\C/C=C\C/C=C\CCCCCCCCCCC(=O)OC(COC(=O)CCCCCCCCCCCCCCCCCC/C=C\C/C=C\C/C=C\C/C=C\CC)COP(=O)(O)OCC[N+](C)(C)C. The van der Waals surface area contributed by atoms with E-state index in [4.69, 9.17) is 18.5 Å².